The molecule has 0 bridgehead atoms. The first-order valence-electron chi connectivity index (χ1n) is 5.15. The van der Waals surface area contributed by atoms with Gasteiger partial charge in [0.2, 0.25) is 5.28 Å². The first-order chi connectivity index (χ1) is 7.19. The van der Waals surface area contributed by atoms with Gasteiger partial charge in [-0.15, -0.1) is 0 Å². The molecule has 0 saturated carbocycles. The molecule has 1 atom stereocenters. The summed E-state index contributed by atoms with van der Waals surface area (Å²) >= 11 is 5.83. The van der Waals surface area contributed by atoms with Crippen LogP contribution in [-0.2, 0) is 0 Å². The Morgan fingerprint density at radius 2 is 2.40 bits per heavy atom. The Hall–Kier alpha value is -0.870. The maximum absolute atomic E-state index is 5.83. The molecule has 0 amide bonds. The summed E-state index contributed by atoms with van der Waals surface area (Å²) in [6.07, 6.45) is 1.14. The third-order valence-electron chi connectivity index (χ3n) is 2.76. The fourth-order valence-electron chi connectivity index (χ4n) is 1.91. The Morgan fingerprint density at radius 1 is 1.60 bits per heavy atom. The number of hydrogen-bond donors (Lipinski definition) is 1. The Balaban J connectivity index is 2.16. The van der Waals surface area contributed by atoms with Crippen molar-refractivity contribution in [2.75, 3.05) is 24.5 Å². The highest BCUT2D eigenvalue weighted by Gasteiger charge is 2.22. The van der Waals surface area contributed by atoms with E-state index in [-0.39, 0.29) is 0 Å². The molecule has 1 aliphatic heterocycles. The second kappa shape index (κ2) is 4.33. The highest BCUT2D eigenvalue weighted by Crippen LogP contribution is 2.22. The van der Waals surface area contributed by atoms with Crippen LogP contribution >= 0.6 is 11.6 Å². The second-order valence-electron chi connectivity index (χ2n) is 3.97. The van der Waals surface area contributed by atoms with E-state index in [0.29, 0.717) is 11.2 Å². The topological polar surface area (TPSA) is 55.0 Å². The van der Waals surface area contributed by atoms with Crippen molar-refractivity contribution in [2.24, 2.45) is 11.7 Å². The molecule has 1 fully saturated rings. The molecule has 82 valence electrons. The van der Waals surface area contributed by atoms with Crippen molar-refractivity contribution >= 4 is 17.4 Å². The number of rotatable bonds is 2. The zero-order valence-electron chi connectivity index (χ0n) is 8.78. The van der Waals surface area contributed by atoms with Crippen molar-refractivity contribution in [3.63, 3.8) is 0 Å². The van der Waals surface area contributed by atoms with Crippen molar-refractivity contribution in [1.29, 1.82) is 0 Å². The number of aryl methyl sites for hydroxylation is 1. The van der Waals surface area contributed by atoms with Gasteiger partial charge in [-0.1, -0.05) is 0 Å². The molecule has 1 saturated heterocycles. The smallest absolute Gasteiger partial charge is 0.224 e. The van der Waals surface area contributed by atoms with E-state index >= 15 is 0 Å². The van der Waals surface area contributed by atoms with E-state index in [1.54, 1.807) is 0 Å². The van der Waals surface area contributed by atoms with Gasteiger partial charge < -0.3 is 10.6 Å². The molecule has 2 N–H and O–H groups in total. The van der Waals surface area contributed by atoms with E-state index in [0.717, 1.165) is 37.6 Å². The number of nitrogens with zero attached hydrogens (tertiary/aromatic N) is 3. The first kappa shape index (κ1) is 10.6. The summed E-state index contributed by atoms with van der Waals surface area (Å²) in [4.78, 5) is 10.5. The van der Waals surface area contributed by atoms with E-state index in [4.69, 9.17) is 17.3 Å². The average molecular weight is 227 g/mol. The predicted octanol–water partition coefficient (Wildman–Crippen LogP) is 1.22. The van der Waals surface area contributed by atoms with Crippen LogP contribution in [0.25, 0.3) is 0 Å². The fourth-order valence-corrected chi connectivity index (χ4v) is 2.13. The van der Waals surface area contributed by atoms with Gasteiger partial charge in [0, 0.05) is 24.8 Å². The van der Waals surface area contributed by atoms with Gasteiger partial charge in [-0.3, -0.25) is 0 Å². The summed E-state index contributed by atoms with van der Waals surface area (Å²) in [5, 5.41) is 0.321. The van der Waals surface area contributed by atoms with Crippen LogP contribution in [0, 0.1) is 12.8 Å². The maximum Gasteiger partial charge on any atom is 0.224 e. The number of hydrogen-bond acceptors (Lipinski definition) is 4. The zero-order chi connectivity index (χ0) is 10.8. The number of aromatic nitrogens is 2. The van der Waals surface area contributed by atoms with Crippen LogP contribution in [0.15, 0.2) is 6.07 Å². The van der Waals surface area contributed by atoms with Crippen LogP contribution in [0.5, 0.6) is 0 Å². The van der Waals surface area contributed by atoms with Gasteiger partial charge in [-0.05, 0) is 37.4 Å². The first-order valence-corrected chi connectivity index (χ1v) is 5.53. The van der Waals surface area contributed by atoms with Crippen molar-refractivity contribution in [2.45, 2.75) is 13.3 Å². The lowest BCUT2D eigenvalue weighted by Crippen LogP contribution is -2.23. The van der Waals surface area contributed by atoms with E-state index < -0.39 is 0 Å². The van der Waals surface area contributed by atoms with Gasteiger partial charge in [-0.2, -0.15) is 0 Å². The van der Waals surface area contributed by atoms with Gasteiger partial charge in [0.05, 0.1) is 0 Å². The van der Waals surface area contributed by atoms with Crippen LogP contribution in [0.1, 0.15) is 12.1 Å². The van der Waals surface area contributed by atoms with Gasteiger partial charge in [0.25, 0.3) is 0 Å². The van der Waals surface area contributed by atoms with Crippen molar-refractivity contribution in [3.05, 3.63) is 17.0 Å². The molecule has 2 rings (SSSR count). The molecule has 1 aromatic rings. The Morgan fingerprint density at radius 3 is 3.00 bits per heavy atom. The molecule has 15 heavy (non-hydrogen) atoms. The Bertz CT molecular complexity index is 335. The zero-order valence-corrected chi connectivity index (χ0v) is 9.54. The highest BCUT2D eigenvalue weighted by atomic mass is 35.5. The summed E-state index contributed by atoms with van der Waals surface area (Å²) in [6.45, 7) is 4.65. The molecule has 4 nitrogen and oxygen atoms in total. The van der Waals surface area contributed by atoms with Crippen LogP contribution in [-0.4, -0.2) is 29.6 Å². The monoisotopic (exact) mass is 226 g/mol. The van der Waals surface area contributed by atoms with Crippen LogP contribution in [0.2, 0.25) is 5.28 Å². The normalized spacial score (nSPS) is 21.0. The van der Waals surface area contributed by atoms with Crippen molar-refractivity contribution in [3.8, 4) is 0 Å². The van der Waals surface area contributed by atoms with Gasteiger partial charge in [-0.25, -0.2) is 9.97 Å². The lowest BCUT2D eigenvalue weighted by molar-refractivity contribution is 0.602. The summed E-state index contributed by atoms with van der Waals surface area (Å²) in [7, 11) is 0. The van der Waals surface area contributed by atoms with Crippen molar-refractivity contribution < 1.29 is 0 Å². The molecule has 1 aliphatic rings. The summed E-state index contributed by atoms with van der Waals surface area (Å²) in [6, 6.07) is 1.96. The number of anilines is 1. The minimum Gasteiger partial charge on any atom is -0.356 e. The van der Waals surface area contributed by atoms with Gasteiger partial charge >= 0.3 is 0 Å². The molecule has 2 heterocycles. The van der Waals surface area contributed by atoms with E-state index in [9.17, 15) is 0 Å². The van der Waals surface area contributed by atoms with Gasteiger partial charge in [0.1, 0.15) is 5.82 Å². The van der Waals surface area contributed by atoms with E-state index in [1.807, 2.05) is 13.0 Å². The SMILES string of the molecule is Cc1cc(N2CCC(CN)C2)nc(Cl)n1. The molecule has 1 unspecified atom stereocenters. The highest BCUT2D eigenvalue weighted by molar-refractivity contribution is 6.28. The molecule has 0 aliphatic carbocycles. The number of nitrogens with two attached hydrogens (primary N) is 1. The second-order valence-corrected chi connectivity index (χ2v) is 4.31. The lowest BCUT2D eigenvalue weighted by atomic mass is 10.1. The molecule has 0 radical (unpaired) electrons. The minimum atomic E-state index is 0.321. The molecule has 0 aromatic carbocycles. The minimum absolute atomic E-state index is 0.321. The molecule has 5 heteroatoms. The van der Waals surface area contributed by atoms with Crippen molar-refractivity contribution in [1.82, 2.24) is 9.97 Å². The third-order valence-corrected chi connectivity index (χ3v) is 2.93. The predicted molar refractivity (Wildman–Crippen MR) is 61.2 cm³/mol. The lowest BCUT2D eigenvalue weighted by Gasteiger charge is -2.17. The van der Waals surface area contributed by atoms with Gasteiger partial charge in [0.15, 0.2) is 0 Å². The molecule has 0 spiro atoms. The average Bonchev–Trinajstić information content (AvgIpc) is 2.64. The Labute approximate surface area is 94.5 Å². The quantitative estimate of drug-likeness (QED) is 0.771. The van der Waals surface area contributed by atoms with E-state index in [1.165, 1.54) is 0 Å². The van der Waals surface area contributed by atoms with Crippen LogP contribution < -0.4 is 10.6 Å². The maximum atomic E-state index is 5.83. The van der Waals surface area contributed by atoms with E-state index in [2.05, 4.69) is 14.9 Å². The molecular weight excluding hydrogens is 212 g/mol. The summed E-state index contributed by atoms with van der Waals surface area (Å²) < 4.78 is 0. The summed E-state index contributed by atoms with van der Waals surface area (Å²) in [5.41, 5.74) is 6.55. The van der Waals surface area contributed by atoms with Crippen LogP contribution in [0.4, 0.5) is 5.82 Å². The Kier molecular flexibility index (Phi) is 3.07. The third kappa shape index (κ3) is 2.38. The van der Waals surface area contributed by atoms with Crippen LogP contribution in [0.3, 0.4) is 0 Å². The fraction of sp³-hybridized carbons (Fsp3) is 0.600. The summed E-state index contributed by atoms with van der Waals surface area (Å²) in [5.74, 6) is 1.50. The molecular formula is C10H15ClN4. The standard InChI is InChI=1S/C10H15ClN4/c1-7-4-9(14-10(11)13-7)15-3-2-8(5-12)6-15/h4,8H,2-3,5-6,12H2,1H3. The largest absolute Gasteiger partial charge is 0.356 e. The number of halogens is 1. The molecule has 1 aromatic heterocycles.